The molecule has 2 aromatic rings. The molecule has 3 N–H and O–H groups in total. The molecule has 2 aromatic carbocycles. The summed E-state index contributed by atoms with van der Waals surface area (Å²) in [7, 11) is 3.24. The highest BCUT2D eigenvalue weighted by molar-refractivity contribution is 6.00. The van der Waals surface area contributed by atoms with Gasteiger partial charge < -0.3 is 15.2 Å². The Bertz CT molecular complexity index is 1210. The van der Waals surface area contributed by atoms with Crippen LogP contribution in [0.2, 0.25) is 0 Å². The van der Waals surface area contributed by atoms with Crippen molar-refractivity contribution in [1.29, 1.82) is 0 Å². The predicted molar refractivity (Wildman–Crippen MR) is 147 cm³/mol. The largest absolute Gasteiger partial charge is 0.497 e. The van der Waals surface area contributed by atoms with E-state index in [0.29, 0.717) is 30.7 Å². The molecule has 1 fully saturated rings. The Morgan fingerprint density at radius 3 is 2.05 bits per heavy atom. The Morgan fingerprint density at radius 2 is 1.54 bits per heavy atom. The smallest absolute Gasteiger partial charge is 0.330 e. The molecule has 0 saturated carbocycles. The van der Waals surface area contributed by atoms with Gasteiger partial charge in [0, 0.05) is 5.71 Å². The second-order valence-corrected chi connectivity index (χ2v) is 8.26. The number of allylic oxidation sites excluding steroid dienone is 2. The Morgan fingerprint density at radius 1 is 1.00 bits per heavy atom. The summed E-state index contributed by atoms with van der Waals surface area (Å²) in [5, 5.41) is 2.90. The molecule has 1 heterocycles. The summed E-state index contributed by atoms with van der Waals surface area (Å²) in [4.78, 5) is 25.4. The number of rotatable bonds is 10. The number of carbonyl (C=O) groups excluding carboxylic acids is 1. The molecule has 0 aromatic heterocycles. The first-order valence-electron chi connectivity index (χ1n) is 11.8. The molecule has 194 valence electrons. The van der Waals surface area contributed by atoms with Crippen molar-refractivity contribution in [2.75, 3.05) is 20.8 Å². The summed E-state index contributed by atoms with van der Waals surface area (Å²) >= 11 is 0. The van der Waals surface area contributed by atoms with Gasteiger partial charge in [-0.15, -0.1) is 0 Å². The van der Waals surface area contributed by atoms with E-state index < -0.39 is 0 Å². The Balaban J connectivity index is 1.85. The number of benzene rings is 2. The average Bonchev–Trinajstić information content (AvgIpc) is 2.89. The fourth-order valence-corrected chi connectivity index (χ4v) is 3.65. The molecular weight excluding hydrogens is 468 g/mol. The van der Waals surface area contributed by atoms with Crippen molar-refractivity contribution in [1.82, 2.24) is 15.1 Å². The van der Waals surface area contributed by atoms with Crippen LogP contribution >= 0.6 is 0 Å². The van der Waals surface area contributed by atoms with Crippen LogP contribution in [-0.4, -0.2) is 48.3 Å². The number of nitrogens with two attached hydrogens (primary N) is 1. The summed E-state index contributed by atoms with van der Waals surface area (Å²) in [6.07, 6.45) is 5.46. The van der Waals surface area contributed by atoms with Crippen LogP contribution in [0.25, 0.3) is 0 Å². The molecule has 0 radical (unpaired) electrons. The first kappa shape index (κ1) is 27.1. The predicted octanol–water partition coefficient (Wildman–Crippen LogP) is 4.40. The molecule has 1 aliphatic rings. The van der Waals surface area contributed by atoms with Gasteiger partial charge in [0.2, 0.25) is 5.96 Å². The van der Waals surface area contributed by atoms with Crippen LogP contribution in [-0.2, 0) is 13.1 Å². The monoisotopic (exact) mass is 502 g/mol. The Kier molecular flexibility index (Phi) is 9.48. The van der Waals surface area contributed by atoms with E-state index in [1.165, 1.54) is 0 Å². The maximum absolute atomic E-state index is 13.1. The Hall–Kier alpha value is -4.53. The lowest BCUT2D eigenvalue weighted by Crippen LogP contribution is -2.57. The minimum Gasteiger partial charge on any atom is -0.497 e. The number of amides is 2. The van der Waals surface area contributed by atoms with E-state index in [2.05, 4.69) is 21.9 Å². The maximum atomic E-state index is 13.1. The number of nitrogens with one attached hydrogen (secondary N) is 1. The van der Waals surface area contributed by atoms with Gasteiger partial charge >= 0.3 is 6.03 Å². The zero-order valence-corrected chi connectivity index (χ0v) is 21.8. The third kappa shape index (κ3) is 7.47. The van der Waals surface area contributed by atoms with Crippen molar-refractivity contribution in [3.05, 3.63) is 96.1 Å². The number of guanidine groups is 1. The van der Waals surface area contributed by atoms with Gasteiger partial charge in [-0.3, -0.25) is 15.1 Å². The van der Waals surface area contributed by atoms with Gasteiger partial charge in [-0.05, 0) is 61.4 Å². The lowest BCUT2D eigenvalue weighted by molar-refractivity contribution is 0.188. The Labute approximate surface area is 218 Å². The van der Waals surface area contributed by atoms with Gasteiger partial charge in [-0.1, -0.05) is 36.9 Å². The van der Waals surface area contributed by atoms with E-state index in [-0.39, 0.29) is 12.6 Å². The van der Waals surface area contributed by atoms with E-state index in [1.54, 1.807) is 25.2 Å². The third-order valence-corrected chi connectivity index (χ3v) is 5.60. The van der Waals surface area contributed by atoms with Gasteiger partial charge in [-0.2, -0.15) is 0 Å². The van der Waals surface area contributed by atoms with Crippen LogP contribution in [0.4, 0.5) is 4.79 Å². The van der Waals surface area contributed by atoms with E-state index >= 15 is 0 Å². The fourth-order valence-electron chi connectivity index (χ4n) is 3.65. The standard InChI is InChI=1S/C28H34N6O3/c1-6-7-20(2)31-26(29)16-17-30-27-32-28(35)34(19-23-10-14-25(37-5)15-11-23)21(3)33(27)18-22-8-12-24(36-4)13-9-22/h6-16H,3,17-19,29H2,1-2,4-5H3,(H,30,32,35)/b7-6+,26-16+,31-20+. The van der Waals surface area contributed by atoms with E-state index in [1.807, 2.05) is 79.4 Å². The number of ether oxygens (including phenoxy) is 2. The first-order valence-corrected chi connectivity index (χ1v) is 11.8. The van der Waals surface area contributed by atoms with E-state index in [9.17, 15) is 4.79 Å². The summed E-state index contributed by atoms with van der Waals surface area (Å²) in [6, 6.07) is 14.9. The third-order valence-electron chi connectivity index (χ3n) is 5.60. The quantitative estimate of drug-likeness (QED) is 0.469. The average molecular weight is 503 g/mol. The van der Waals surface area contributed by atoms with Gasteiger partial charge in [0.25, 0.3) is 0 Å². The number of methoxy groups -OCH3 is 2. The van der Waals surface area contributed by atoms with Crippen molar-refractivity contribution in [3.8, 4) is 11.5 Å². The first-order chi connectivity index (χ1) is 17.8. The summed E-state index contributed by atoms with van der Waals surface area (Å²) < 4.78 is 10.5. The van der Waals surface area contributed by atoms with Gasteiger partial charge in [0.05, 0.1) is 33.9 Å². The molecule has 0 atom stereocenters. The van der Waals surface area contributed by atoms with Crippen LogP contribution in [0.5, 0.6) is 11.5 Å². The number of aliphatic imine (C=N–C) groups is 2. The van der Waals surface area contributed by atoms with E-state index in [4.69, 9.17) is 15.2 Å². The number of hydrogen-bond acceptors (Lipinski definition) is 6. The molecule has 0 unspecified atom stereocenters. The zero-order valence-electron chi connectivity index (χ0n) is 21.8. The molecule has 0 bridgehead atoms. The highest BCUT2D eigenvalue weighted by Gasteiger charge is 2.32. The maximum Gasteiger partial charge on any atom is 0.330 e. The summed E-state index contributed by atoms with van der Waals surface area (Å²) in [5.74, 6) is 2.75. The normalized spacial score (nSPS) is 15.9. The van der Waals surface area contributed by atoms with Crippen molar-refractivity contribution in [2.45, 2.75) is 26.9 Å². The minimum absolute atomic E-state index is 0.235. The molecule has 3 rings (SSSR count). The highest BCUT2D eigenvalue weighted by Crippen LogP contribution is 2.23. The fraction of sp³-hybridized carbons (Fsp3) is 0.250. The molecule has 9 heteroatoms. The molecule has 1 aliphatic heterocycles. The lowest BCUT2D eigenvalue weighted by Gasteiger charge is -2.39. The van der Waals surface area contributed by atoms with Gasteiger partial charge in [0.1, 0.15) is 23.1 Å². The number of carbonyl (C=O) groups is 1. The molecule has 37 heavy (non-hydrogen) atoms. The number of urea groups is 1. The van der Waals surface area contributed by atoms with Crippen LogP contribution in [0.15, 0.2) is 95.0 Å². The molecule has 2 amide bonds. The topological polar surface area (TPSA) is 105 Å². The molecule has 0 spiro atoms. The molecular formula is C28H34N6O3. The summed E-state index contributed by atoms with van der Waals surface area (Å²) in [6.45, 7) is 9.03. The van der Waals surface area contributed by atoms with Crippen molar-refractivity contribution >= 4 is 17.7 Å². The zero-order chi connectivity index (χ0) is 26.8. The van der Waals surface area contributed by atoms with Crippen molar-refractivity contribution < 1.29 is 14.3 Å². The van der Waals surface area contributed by atoms with Crippen molar-refractivity contribution in [3.63, 3.8) is 0 Å². The molecule has 1 saturated heterocycles. The second-order valence-electron chi connectivity index (χ2n) is 8.26. The number of hydrogen-bond donors (Lipinski definition) is 2. The SMILES string of the molecule is C=C1N(Cc2ccc(OC)cc2)C(=O)NC(=NC/C=C(N)/N=C(C)/C=C/C)N1Cc1ccc(OC)cc1. The minimum atomic E-state index is -0.315. The van der Waals surface area contributed by atoms with Crippen LogP contribution < -0.4 is 20.5 Å². The van der Waals surface area contributed by atoms with E-state index in [0.717, 1.165) is 28.3 Å². The number of nitrogens with zero attached hydrogens (tertiary/aromatic N) is 4. The van der Waals surface area contributed by atoms with Gasteiger partial charge in [0.15, 0.2) is 0 Å². The second kappa shape index (κ2) is 13.0. The highest BCUT2D eigenvalue weighted by atomic mass is 16.5. The molecule has 9 nitrogen and oxygen atoms in total. The van der Waals surface area contributed by atoms with Crippen LogP contribution in [0.3, 0.4) is 0 Å². The van der Waals surface area contributed by atoms with Crippen LogP contribution in [0, 0.1) is 0 Å². The molecule has 0 aliphatic carbocycles. The van der Waals surface area contributed by atoms with Gasteiger partial charge in [-0.25, -0.2) is 14.8 Å². The lowest BCUT2D eigenvalue weighted by atomic mass is 10.2. The van der Waals surface area contributed by atoms with Crippen LogP contribution in [0.1, 0.15) is 25.0 Å². The summed E-state index contributed by atoms with van der Waals surface area (Å²) in [5.41, 5.74) is 8.74. The van der Waals surface area contributed by atoms with Crippen molar-refractivity contribution in [2.24, 2.45) is 15.7 Å².